The summed E-state index contributed by atoms with van der Waals surface area (Å²) in [6, 6.07) is 17.3. The van der Waals surface area contributed by atoms with E-state index in [1.54, 1.807) is 0 Å². The highest BCUT2D eigenvalue weighted by atomic mass is 32.2. The number of nitrogens with two attached hydrogens (primary N) is 1. The van der Waals surface area contributed by atoms with Crippen LogP contribution in [-0.4, -0.2) is 47.6 Å². The van der Waals surface area contributed by atoms with Crippen LogP contribution in [0.1, 0.15) is 91.7 Å². The van der Waals surface area contributed by atoms with Crippen molar-refractivity contribution in [1.29, 1.82) is 0 Å². The van der Waals surface area contributed by atoms with Gasteiger partial charge in [-0.25, -0.2) is 23.2 Å². The van der Waals surface area contributed by atoms with Crippen molar-refractivity contribution in [3.05, 3.63) is 72.3 Å². The number of nitrogens with zero attached hydrogens (tertiary/aromatic N) is 5. The molecule has 0 spiro atoms. The number of rotatable bonds is 9. The highest BCUT2D eigenvalue weighted by Crippen LogP contribution is 2.36. The van der Waals surface area contributed by atoms with Gasteiger partial charge in [0.2, 0.25) is 0 Å². The Morgan fingerprint density at radius 1 is 0.774 bits per heavy atom. The molecule has 0 unspecified atom stereocenters. The van der Waals surface area contributed by atoms with Crippen molar-refractivity contribution in [3.63, 3.8) is 0 Å². The molecule has 0 atom stereocenters. The van der Waals surface area contributed by atoms with Gasteiger partial charge in [-0.3, -0.25) is 4.31 Å². The second-order valence-electron chi connectivity index (χ2n) is 16.8. The van der Waals surface area contributed by atoms with Gasteiger partial charge in [-0.1, -0.05) is 54.4 Å². The maximum Gasteiger partial charge on any atom is 0.316 e. The molecule has 4 N–H and O–H groups in total. The summed E-state index contributed by atoms with van der Waals surface area (Å²) in [5.41, 5.74) is 11.4. The fourth-order valence-corrected chi connectivity index (χ4v) is 8.32. The molecule has 2 aliphatic rings. The average Bonchev–Trinajstić information content (AvgIpc) is 3.62. The summed E-state index contributed by atoms with van der Waals surface area (Å²) in [5, 5.41) is 5.63. The fourth-order valence-electron chi connectivity index (χ4n) is 7.13. The van der Waals surface area contributed by atoms with Crippen molar-refractivity contribution in [2.24, 2.45) is 17.6 Å². The maximum absolute atomic E-state index is 13.2. The Morgan fingerprint density at radius 2 is 1.25 bits per heavy atom. The van der Waals surface area contributed by atoms with Gasteiger partial charge >= 0.3 is 6.03 Å². The quantitative estimate of drug-likeness (QED) is 0.138. The number of benzene rings is 3. The number of carbonyl (C=O) groups is 1. The summed E-state index contributed by atoms with van der Waals surface area (Å²) in [6.45, 7) is 15.3. The molecule has 12 heteroatoms. The molecule has 7 rings (SSSR count). The van der Waals surface area contributed by atoms with Crippen LogP contribution in [0.2, 0.25) is 0 Å². The molecule has 2 heterocycles. The second-order valence-corrected chi connectivity index (χ2v) is 18.8. The minimum atomic E-state index is -3.80. The Hall–Kier alpha value is -4.58. The van der Waals surface area contributed by atoms with E-state index in [2.05, 4.69) is 79.5 Å². The lowest BCUT2D eigenvalue weighted by molar-refractivity contribution is 0.259. The molecule has 5 aromatic rings. The minimum absolute atomic E-state index is 0.0859. The van der Waals surface area contributed by atoms with E-state index in [4.69, 9.17) is 15.7 Å². The number of anilines is 3. The minimum Gasteiger partial charge on any atom is -0.388 e. The first-order chi connectivity index (χ1) is 24.9. The van der Waals surface area contributed by atoms with Gasteiger partial charge < -0.3 is 25.5 Å². The van der Waals surface area contributed by atoms with E-state index < -0.39 is 16.1 Å². The van der Waals surface area contributed by atoms with E-state index >= 15 is 0 Å². The zero-order chi connectivity index (χ0) is 38.3. The highest BCUT2D eigenvalue weighted by molar-refractivity contribution is 7.92. The molecule has 2 fully saturated rings. The molecule has 0 radical (unpaired) electrons. The number of sulfonamides is 1. The molecule has 53 heavy (non-hydrogen) atoms. The van der Waals surface area contributed by atoms with Crippen LogP contribution in [0.15, 0.2) is 65.6 Å². The standard InChI is InChI=1S/C24H31N5O3S.C17H25N3/c1-24(2,3)22-27-20-14-18(10-13-21(20)29(22)15-16-6-5-7-16)28(4)33(31,32)19-11-8-17(9-12-19)26-23(25)30;1-17(2,3)16-19-14-10-13(18-4)8-9-15(14)20(16)11-12-6-5-7-12/h8-14,16H,5-7,15H2,1-4H3,(H3,25,26,30);8-10,12,18H,5-7,11H2,1-4H3. The highest BCUT2D eigenvalue weighted by Gasteiger charge is 2.29. The van der Waals surface area contributed by atoms with Crippen molar-refractivity contribution in [2.75, 3.05) is 29.0 Å². The number of nitrogens with one attached hydrogen (secondary N) is 2. The number of urea groups is 1. The number of fused-ring (bicyclic) bond motifs is 2. The molecule has 2 saturated carbocycles. The van der Waals surface area contributed by atoms with Crippen LogP contribution in [0, 0.1) is 11.8 Å². The molecule has 2 amide bonds. The number of carbonyl (C=O) groups excluding carboxylic acids is 1. The summed E-state index contributed by atoms with van der Waals surface area (Å²) >= 11 is 0. The van der Waals surface area contributed by atoms with Crippen molar-refractivity contribution in [1.82, 2.24) is 19.1 Å². The van der Waals surface area contributed by atoms with Crippen molar-refractivity contribution >= 4 is 55.2 Å². The summed E-state index contributed by atoms with van der Waals surface area (Å²) < 4.78 is 32.4. The van der Waals surface area contributed by atoms with Gasteiger partial charge in [-0.2, -0.15) is 0 Å². The van der Waals surface area contributed by atoms with E-state index in [-0.39, 0.29) is 15.7 Å². The van der Waals surface area contributed by atoms with Crippen molar-refractivity contribution < 1.29 is 13.2 Å². The van der Waals surface area contributed by atoms with E-state index in [1.807, 2.05) is 25.2 Å². The number of amides is 2. The Morgan fingerprint density at radius 3 is 1.68 bits per heavy atom. The number of hydrogen-bond donors (Lipinski definition) is 3. The predicted octanol–water partition coefficient (Wildman–Crippen LogP) is 8.63. The molecule has 11 nitrogen and oxygen atoms in total. The molecular weight excluding hydrogens is 685 g/mol. The van der Waals surface area contributed by atoms with Gasteiger partial charge in [0.15, 0.2) is 0 Å². The molecule has 3 aromatic carbocycles. The molecule has 284 valence electrons. The van der Waals surface area contributed by atoms with Gasteiger partial charge in [-0.05, 0) is 98.2 Å². The van der Waals surface area contributed by atoms with Crippen LogP contribution >= 0.6 is 0 Å². The monoisotopic (exact) mass is 740 g/mol. The van der Waals surface area contributed by atoms with Gasteiger partial charge in [0.1, 0.15) is 11.6 Å². The molecule has 2 aromatic heterocycles. The van der Waals surface area contributed by atoms with Gasteiger partial charge in [0.05, 0.1) is 32.6 Å². The van der Waals surface area contributed by atoms with E-state index in [1.165, 1.54) is 85.5 Å². The van der Waals surface area contributed by atoms with Crippen molar-refractivity contribution in [3.8, 4) is 0 Å². The molecule has 0 saturated heterocycles. The third-order valence-corrected chi connectivity index (χ3v) is 12.4. The summed E-state index contributed by atoms with van der Waals surface area (Å²) in [6.07, 6.45) is 7.92. The lowest BCUT2D eigenvalue weighted by atomic mass is 9.85. The molecule has 0 aliphatic heterocycles. The number of aromatic nitrogens is 4. The molecule has 2 aliphatic carbocycles. The summed E-state index contributed by atoms with van der Waals surface area (Å²) in [5.74, 6) is 3.76. The number of imidazole rings is 2. The van der Waals surface area contributed by atoms with Gasteiger partial charge in [0, 0.05) is 49.4 Å². The Kier molecular flexibility index (Phi) is 10.6. The zero-order valence-electron chi connectivity index (χ0n) is 32.5. The van der Waals surface area contributed by atoms with Crippen LogP contribution in [0.3, 0.4) is 0 Å². The first kappa shape index (κ1) is 38.2. The van der Waals surface area contributed by atoms with Crippen LogP contribution in [0.4, 0.5) is 21.9 Å². The fraction of sp³-hybridized carbons (Fsp3) is 0.488. The zero-order valence-corrected chi connectivity index (χ0v) is 33.3. The van der Waals surface area contributed by atoms with E-state index in [0.29, 0.717) is 17.3 Å². The number of hydrogen-bond acceptors (Lipinski definition) is 6. The largest absolute Gasteiger partial charge is 0.388 e. The smallest absolute Gasteiger partial charge is 0.316 e. The third kappa shape index (κ3) is 8.17. The average molecular weight is 741 g/mol. The Bertz CT molecular complexity index is 2200. The predicted molar refractivity (Wildman–Crippen MR) is 216 cm³/mol. The molecule has 0 bridgehead atoms. The van der Waals surface area contributed by atoms with Crippen molar-refractivity contribution in [2.45, 2.75) is 109 Å². The van der Waals surface area contributed by atoms with Crippen LogP contribution in [0.25, 0.3) is 22.1 Å². The second kappa shape index (κ2) is 14.7. The third-order valence-electron chi connectivity index (χ3n) is 10.6. The maximum atomic E-state index is 13.2. The van der Waals surface area contributed by atoms with E-state index in [0.717, 1.165) is 47.1 Å². The normalized spacial score (nSPS) is 15.4. The van der Waals surface area contributed by atoms with Crippen LogP contribution < -0.4 is 20.7 Å². The molecular formula is C41H56N8O3S. The number of primary amides is 1. The first-order valence-electron chi connectivity index (χ1n) is 18.8. The summed E-state index contributed by atoms with van der Waals surface area (Å²) in [4.78, 5) is 21.0. The van der Waals surface area contributed by atoms with Gasteiger partial charge in [0.25, 0.3) is 10.0 Å². The summed E-state index contributed by atoms with van der Waals surface area (Å²) in [7, 11) is -0.311. The lowest BCUT2D eigenvalue weighted by Gasteiger charge is -2.29. The van der Waals surface area contributed by atoms with Gasteiger partial charge in [-0.15, -0.1) is 0 Å². The SMILES string of the molecule is CN(c1ccc2c(c1)nc(C(C)(C)C)n2CC1CCC1)S(=O)(=O)c1ccc(NC(N)=O)cc1.CNc1ccc2c(c1)nc(C(C)(C)C)n2CC1CCC1. The Balaban J connectivity index is 0.000000204. The van der Waals surface area contributed by atoms with E-state index in [9.17, 15) is 13.2 Å². The topological polar surface area (TPSA) is 140 Å². The van der Waals surface area contributed by atoms with Crippen LogP contribution in [-0.2, 0) is 33.9 Å². The van der Waals surface area contributed by atoms with Crippen LogP contribution in [0.5, 0.6) is 0 Å². The first-order valence-corrected chi connectivity index (χ1v) is 20.2. The Labute approximate surface area is 314 Å². The lowest BCUT2D eigenvalue weighted by Crippen LogP contribution is -2.26.